The van der Waals surface area contributed by atoms with Crippen LogP contribution in [0.5, 0.6) is 0 Å². The predicted molar refractivity (Wildman–Crippen MR) is 420 cm³/mol. The second-order valence-electron chi connectivity index (χ2n) is 27.6. The summed E-state index contributed by atoms with van der Waals surface area (Å²) in [6.07, 6.45) is 2.98. The minimum Gasteiger partial charge on any atom is -0.461 e. The van der Waals surface area contributed by atoms with E-state index in [-0.39, 0.29) is 24.6 Å². The van der Waals surface area contributed by atoms with Gasteiger partial charge in [-0.15, -0.1) is 20.1 Å². The first-order chi connectivity index (χ1) is 52.5. The highest BCUT2D eigenvalue weighted by atomic mass is 16.5. The van der Waals surface area contributed by atoms with Crippen molar-refractivity contribution >= 4 is 11.9 Å². The summed E-state index contributed by atoms with van der Waals surface area (Å²) in [5.41, 5.74) is 10.5. The maximum absolute atomic E-state index is 13.3. The van der Waals surface area contributed by atoms with Crippen molar-refractivity contribution in [1.82, 2.24) is 59.5 Å². The Kier molecular flexibility index (Phi) is 22.3. The van der Waals surface area contributed by atoms with E-state index >= 15 is 0 Å². The number of carbonyl (C=O) groups excluding carboxylic acids is 2. The van der Waals surface area contributed by atoms with E-state index in [0.717, 1.165) is 102 Å². The summed E-state index contributed by atoms with van der Waals surface area (Å²) >= 11 is 0. The van der Waals surface area contributed by atoms with Crippen LogP contribution >= 0.6 is 0 Å². The van der Waals surface area contributed by atoms with E-state index in [9.17, 15) is 19.8 Å². The van der Waals surface area contributed by atoms with E-state index in [1.165, 1.54) is 0 Å². The number of aryl methyl sites for hydroxylation is 2. The lowest BCUT2D eigenvalue weighted by molar-refractivity contribution is 0.0465. The molecule has 0 saturated heterocycles. The van der Waals surface area contributed by atoms with Crippen molar-refractivity contribution in [2.24, 2.45) is 0 Å². The second-order valence-corrected chi connectivity index (χ2v) is 27.6. The molecule has 10 aromatic carbocycles. The third-order valence-corrected chi connectivity index (χ3v) is 19.3. The molecule has 14 aromatic rings. The fourth-order valence-electron chi connectivity index (χ4n) is 14.5. The zero-order chi connectivity index (χ0) is 75.4. The third kappa shape index (κ3) is 14.8. The Morgan fingerprint density at radius 1 is 0.389 bits per heavy atom. The van der Waals surface area contributed by atoms with E-state index in [1.807, 2.05) is 153 Å². The monoisotopic (exact) mass is 1430 g/mol. The molecule has 108 heavy (non-hydrogen) atoms. The van der Waals surface area contributed by atoms with Gasteiger partial charge in [0.15, 0.2) is 22.8 Å². The van der Waals surface area contributed by atoms with Gasteiger partial charge in [0, 0.05) is 37.1 Å². The Hall–Kier alpha value is -12.4. The highest BCUT2D eigenvalue weighted by Crippen LogP contribution is 2.45. The van der Waals surface area contributed by atoms with Crippen LogP contribution < -0.4 is 0 Å². The SMILES string of the molecule is CCCc1nc(C(C)(C)O)c(C(=O)OCC)n1Cc1ccc(-c2ccccc2-c2nnn(C(c3ccccc3)(c3ccccc3)c3ccccc3)n2)cc1.CCCc1nc(C(C)(C)O)c(C(=O)OCC)n1Cc1ccc(-c2ccccc2-c2nnnn2C(c2ccccc2)(c2ccccc2)c2ccccc2)cc1. The highest BCUT2D eigenvalue weighted by molar-refractivity contribution is 5.90. The van der Waals surface area contributed by atoms with Crippen LogP contribution in [0.2, 0.25) is 0 Å². The molecule has 0 unspecified atom stereocenters. The zero-order valence-electron chi connectivity index (χ0n) is 62.1. The standard InChI is InChI=1S/2C45H44N6O3/c1-5-18-39-46-41(44(3,4)53)40(43(52)54-6-2)50(39)31-32-27-29-33(30-28-32)37-25-16-17-26-38(37)42-47-48-49-51(42)45(34-19-10-7-11-20-34,35-21-12-8-13-22-35)36-23-14-9-15-24-36;1-5-18-39-46-41(44(3,4)53)40(43(52)54-6-2)50(39)31-32-27-29-33(30-28-32)37-25-16-17-26-38(37)42-47-49-51(48-42)45(34-19-10-7-11-20-34,35-21-12-8-13-22-35)36-23-14-9-15-24-36/h2*7-17,19-30,53H,5-6,18,31H2,1-4H3. The van der Waals surface area contributed by atoms with Gasteiger partial charge in [-0.25, -0.2) is 24.2 Å². The zero-order valence-corrected chi connectivity index (χ0v) is 62.1. The molecule has 14 rings (SSSR count). The first-order valence-electron chi connectivity index (χ1n) is 36.8. The van der Waals surface area contributed by atoms with Gasteiger partial charge in [-0.05, 0) is 137 Å². The van der Waals surface area contributed by atoms with Crippen molar-refractivity contribution in [3.63, 3.8) is 0 Å². The largest absolute Gasteiger partial charge is 0.461 e. The van der Waals surface area contributed by atoms with Crippen LogP contribution in [0.4, 0.5) is 0 Å². The number of carbonyl (C=O) groups is 2. The van der Waals surface area contributed by atoms with Gasteiger partial charge in [0.25, 0.3) is 0 Å². The van der Waals surface area contributed by atoms with Gasteiger partial charge in [-0.3, -0.25) is 0 Å². The molecule has 0 radical (unpaired) electrons. The molecule has 0 aliphatic rings. The molecule has 0 amide bonds. The fraction of sp³-hybridized carbons (Fsp3) is 0.222. The number of tetrazole rings is 2. The average Bonchev–Trinajstić information content (AvgIpc) is 1.35. The molecule has 18 heteroatoms. The molecular formula is C90H88N12O6. The topological polar surface area (TPSA) is 216 Å². The number of rotatable bonds is 26. The molecule has 0 aliphatic carbocycles. The molecule has 544 valence electrons. The summed E-state index contributed by atoms with van der Waals surface area (Å²) in [5.74, 6) is 1.60. The van der Waals surface area contributed by atoms with Gasteiger partial charge in [0.2, 0.25) is 5.82 Å². The van der Waals surface area contributed by atoms with Crippen molar-refractivity contribution < 1.29 is 29.3 Å². The summed E-state index contributed by atoms with van der Waals surface area (Å²) in [6, 6.07) is 94.7. The van der Waals surface area contributed by atoms with Crippen LogP contribution in [0, 0.1) is 0 Å². The quantitative estimate of drug-likeness (QED) is 0.0381. The number of ether oxygens (including phenoxy) is 2. The number of aliphatic hydroxyl groups is 2. The van der Waals surface area contributed by atoms with Crippen LogP contribution in [0.15, 0.2) is 279 Å². The molecule has 0 saturated carbocycles. The fourth-order valence-corrected chi connectivity index (χ4v) is 14.5. The van der Waals surface area contributed by atoms with Crippen LogP contribution in [0.3, 0.4) is 0 Å². The highest BCUT2D eigenvalue weighted by Gasteiger charge is 2.44. The number of benzene rings is 10. The molecule has 4 aromatic heterocycles. The van der Waals surface area contributed by atoms with Gasteiger partial charge in [-0.2, -0.15) is 0 Å². The molecule has 0 aliphatic heterocycles. The number of nitrogens with zero attached hydrogens (tertiary/aromatic N) is 12. The summed E-state index contributed by atoms with van der Waals surface area (Å²) in [6.45, 7) is 15.5. The van der Waals surface area contributed by atoms with Crippen molar-refractivity contribution in [2.45, 2.75) is 116 Å². The second kappa shape index (κ2) is 32.5. The lowest BCUT2D eigenvalue weighted by Gasteiger charge is -2.36. The lowest BCUT2D eigenvalue weighted by atomic mass is 9.77. The average molecular weight is 1430 g/mol. The first kappa shape index (κ1) is 73.9. The van der Waals surface area contributed by atoms with Gasteiger partial charge in [-0.1, -0.05) is 293 Å². The first-order valence-corrected chi connectivity index (χ1v) is 36.8. The summed E-state index contributed by atoms with van der Waals surface area (Å²) in [4.78, 5) is 37.8. The van der Waals surface area contributed by atoms with Crippen molar-refractivity contribution in [2.75, 3.05) is 13.2 Å². The number of hydrogen-bond acceptors (Lipinski definition) is 14. The number of hydrogen-bond donors (Lipinski definition) is 2. The Morgan fingerprint density at radius 2 is 0.722 bits per heavy atom. The van der Waals surface area contributed by atoms with Crippen molar-refractivity contribution in [3.8, 4) is 45.0 Å². The van der Waals surface area contributed by atoms with E-state index in [1.54, 1.807) is 46.3 Å². The van der Waals surface area contributed by atoms with E-state index in [0.29, 0.717) is 49.0 Å². The van der Waals surface area contributed by atoms with Crippen LogP contribution in [-0.2, 0) is 57.7 Å². The molecular weight excluding hydrogens is 1350 g/mol. The van der Waals surface area contributed by atoms with Crippen molar-refractivity contribution in [3.05, 3.63) is 358 Å². The molecule has 0 fully saturated rings. The molecule has 2 N–H and O–H groups in total. The Balaban J connectivity index is 0.000000190. The number of aromatic nitrogens is 12. The summed E-state index contributed by atoms with van der Waals surface area (Å²) < 4.78 is 16.6. The summed E-state index contributed by atoms with van der Waals surface area (Å²) in [5, 5.41) is 50.3. The Bertz CT molecular complexity index is 5130. The van der Waals surface area contributed by atoms with Crippen LogP contribution in [-0.4, -0.2) is 94.9 Å². The summed E-state index contributed by atoms with van der Waals surface area (Å²) in [7, 11) is 0. The maximum Gasteiger partial charge on any atom is 0.357 e. The van der Waals surface area contributed by atoms with Crippen LogP contribution in [0.25, 0.3) is 45.0 Å². The van der Waals surface area contributed by atoms with Gasteiger partial charge < -0.3 is 28.8 Å². The number of imidazole rings is 2. The van der Waals surface area contributed by atoms with Crippen molar-refractivity contribution in [1.29, 1.82) is 0 Å². The molecule has 0 bridgehead atoms. The van der Waals surface area contributed by atoms with Gasteiger partial charge in [0.1, 0.15) is 39.8 Å². The smallest absolute Gasteiger partial charge is 0.357 e. The maximum atomic E-state index is 13.3. The molecule has 4 heterocycles. The lowest BCUT2D eigenvalue weighted by Crippen LogP contribution is -2.39. The molecule has 0 atom stereocenters. The molecule has 0 spiro atoms. The molecule has 18 nitrogen and oxygen atoms in total. The predicted octanol–water partition coefficient (Wildman–Crippen LogP) is 16.9. The number of esters is 2. The Morgan fingerprint density at radius 3 is 1.07 bits per heavy atom. The minimum absolute atomic E-state index is 0.221. The van der Waals surface area contributed by atoms with Crippen LogP contribution in [0.1, 0.15) is 157 Å². The van der Waals surface area contributed by atoms with Gasteiger partial charge in [0.05, 0.1) is 13.2 Å². The van der Waals surface area contributed by atoms with E-state index < -0.39 is 34.2 Å². The third-order valence-electron chi connectivity index (χ3n) is 19.3. The van der Waals surface area contributed by atoms with Gasteiger partial charge >= 0.3 is 11.9 Å². The van der Waals surface area contributed by atoms with E-state index in [4.69, 9.17) is 45.2 Å². The van der Waals surface area contributed by atoms with E-state index in [2.05, 4.69) is 159 Å². The minimum atomic E-state index is -1.32. The normalized spacial score (nSPS) is 11.8. The Labute approximate surface area is 630 Å².